The molecule has 0 bridgehead atoms. The first kappa shape index (κ1) is 26.8. The molecule has 0 aliphatic carbocycles. The number of ether oxygens (including phenoxy) is 2. The van der Waals surface area contributed by atoms with Crippen molar-refractivity contribution in [3.63, 3.8) is 0 Å². The fourth-order valence-corrected chi connectivity index (χ4v) is 4.73. The molecule has 37 heavy (non-hydrogen) atoms. The number of halogens is 2. The second-order valence-corrected chi connectivity index (χ2v) is 9.95. The van der Waals surface area contributed by atoms with Crippen LogP contribution in [0.5, 0.6) is 11.5 Å². The first-order valence-corrected chi connectivity index (χ1v) is 13.5. The molecular weight excluding hydrogens is 651 g/mol. The predicted molar refractivity (Wildman–Crippen MR) is 157 cm³/mol. The van der Waals surface area contributed by atoms with Gasteiger partial charge in [0.15, 0.2) is 18.1 Å². The van der Waals surface area contributed by atoms with Crippen LogP contribution in [0.4, 0.5) is 5.69 Å². The zero-order valence-corrected chi connectivity index (χ0v) is 23.9. The minimum absolute atomic E-state index is 0.175. The molecule has 4 aromatic rings. The van der Waals surface area contributed by atoms with Crippen LogP contribution < -0.4 is 20.3 Å². The number of anilines is 1. The van der Waals surface area contributed by atoms with Gasteiger partial charge in [0.25, 0.3) is 11.5 Å². The Bertz CT molecular complexity index is 1520. The van der Waals surface area contributed by atoms with E-state index in [1.807, 2.05) is 50.2 Å². The second-order valence-electron chi connectivity index (χ2n) is 7.87. The lowest BCUT2D eigenvalue weighted by Crippen LogP contribution is -2.22. The highest BCUT2D eigenvalue weighted by atomic mass is 127. The Hall–Kier alpha value is -3.25. The molecule has 8 nitrogen and oxygen atoms in total. The Kier molecular flexibility index (Phi) is 8.93. The number of aryl methyl sites for hydroxylation is 1. The fourth-order valence-electron chi connectivity index (χ4n) is 3.59. The van der Waals surface area contributed by atoms with Crippen LogP contribution in [0, 0.1) is 3.57 Å². The topological polar surface area (TPSA) is 94.8 Å². The number of fused-ring (bicyclic) bond motifs is 1. The number of hydrogen-bond acceptors (Lipinski definition) is 6. The molecule has 0 spiro atoms. The van der Waals surface area contributed by atoms with Gasteiger partial charge in [0, 0.05) is 16.6 Å². The summed E-state index contributed by atoms with van der Waals surface area (Å²) in [5.41, 5.74) is 1.78. The van der Waals surface area contributed by atoms with Crippen molar-refractivity contribution in [1.29, 1.82) is 0 Å². The van der Waals surface area contributed by atoms with E-state index in [4.69, 9.17) is 9.47 Å². The number of benzene rings is 3. The lowest BCUT2D eigenvalue weighted by Gasteiger charge is -2.15. The van der Waals surface area contributed by atoms with E-state index < -0.39 is 0 Å². The van der Waals surface area contributed by atoms with Crippen LogP contribution >= 0.6 is 38.5 Å². The van der Waals surface area contributed by atoms with Gasteiger partial charge in [-0.2, -0.15) is 9.78 Å². The van der Waals surface area contributed by atoms with Gasteiger partial charge in [-0.1, -0.05) is 41.1 Å². The van der Waals surface area contributed by atoms with E-state index in [0.29, 0.717) is 52.5 Å². The number of nitrogens with one attached hydrogen (secondary N) is 1. The standard InChI is InChI=1S/C27H24BrIN4O4/c1-3-24-32-22-11-10-18(28)14-20(22)27(35)33(24)30-15-17-12-21(29)26(23(13-17)36-4-2)37-16-25(34)31-19-8-6-5-7-9-19/h5-15H,3-4,16H2,1-2H3,(H,31,34). The summed E-state index contributed by atoms with van der Waals surface area (Å²) in [6.45, 7) is 4.03. The van der Waals surface area contributed by atoms with Gasteiger partial charge in [-0.15, -0.1) is 0 Å². The van der Waals surface area contributed by atoms with Crippen molar-refractivity contribution in [3.8, 4) is 11.5 Å². The van der Waals surface area contributed by atoms with E-state index in [0.717, 1.165) is 8.04 Å². The van der Waals surface area contributed by atoms with Crippen molar-refractivity contribution in [2.45, 2.75) is 20.3 Å². The average molecular weight is 675 g/mol. The predicted octanol–water partition coefficient (Wildman–Crippen LogP) is 5.62. The van der Waals surface area contributed by atoms with Crippen molar-refractivity contribution >= 4 is 67.2 Å². The summed E-state index contributed by atoms with van der Waals surface area (Å²) in [4.78, 5) is 30.1. The first-order valence-electron chi connectivity index (χ1n) is 11.6. The number of aromatic nitrogens is 2. The molecule has 0 aliphatic heterocycles. The lowest BCUT2D eigenvalue weighted by atomic mass is 10.2. The molecule has 0 atom stereocenters. The van der Waals surface area contributed by atoms with Crippen LogP contribution in [0.2, 0.25) is 0 Å². The Morgan fingerprint density at radius 2 is 1.92 bits per heavy atom. The summed E-state index contributed by atoms with van der Waals surface area (Å²) in [5, 5.41) is 7.73. The summed E-state index contributed by atoms with van der Waals surface area (Å²) in [6, 6.07) is 18.2. The Balaban J connectivity index is 1.60. The number of para-hydroxylation sites is 1. The number of hydrogen-bond donors (Lipinski definition) is 1. The molecule has 0 saturated carbocycles. The second kappa shape index (κ2) is 12.3. The molecule has 0 aliphatic rings. The van der Waals surface area contributed by atoms with Gasteiger partial charge in [0.05, 0.1) is 27.3 Å². The van der Waals surface area contributed by atoms with Crippen molar-refractivity contribution in [3.05, 3.63) is 90.4 Å². The third kappa shape index (κ3) is 6.55. The quantitative estimate of drug-likeness (QED) is 0.184. The molecule has 0 unspecified atom stereocenters. The number of rotatable bonds is 9. The smallest absolute Gasteiger partial charge is 0.282 e. The Morgan fingerprint density at radius 3 is 2.65 bits per heavy atom. The van der Waals surface area contributed by atoms with Gasteiger partial charge < -0.3 is 14.8 Å². The third-order valence-corrected chi connectivity index (χ3v) is 6.55. The lowest BCUT2D eigenvalue weighted by molar-refractivity contribution is -0.118. The monoisotopic (exact) mass is 674 g/mol. The highest BCUT2D eigenvalue weighted by molar-refractivity contribution is 14.1. The molecule has 1 aromatic heterocycles. The third-order valence-electron chi connectivity index (χ3n) is 5.25. The first-order chi connectivity index (χ1) is 17.9. The Labute approximate surface area is 236 Å². The molecule has 0 fully saturated rings. The van der Waals surface area contributed by atoms with Gasteiger partial charge in [0.2, 0.25) is 0 Å². The molecule has 10 heteroatoms. The zero-order valence-electron chi connectivity index (χ0n) is 20.2. The molecule has 3 aromatic carbocycles. The van der Waals surface area contributed by atoms with E-state index in [2.05, 4.69) is 53.9 Å². The van der Waals surface area contributed by atoms with Crippen LogP contribution in [-0.4, -0.2) is 35.0 Å². The number of carbonyl (C=O) groups excluding carboxylic acids is 1. The normalized spacial score (nSPS) is 11.1. The zero-order chi connectivity index (χ0) is 26.4. The van der Waals surface area contributed by atoms with Gasteiger partial charge in [0.1, 0.15) is 5.82 Å². The van der Waals surface area contributed by atoms with Crippen molar-refractivity contribution < 1.29 is 14.3 Å². The largest absolute Gasteiger partial charge is 0.490 e. The molecule has 0 saturated heterocycles. The highest BCUT2D eigenvalue weighted by Gasteiger charge is 2.15. The van der Waals surface area contributed by atoms with E-state index in [1.165, 1.54) is 4.68 Å². The number of nitrogens with zero attached hydrogens (tertiary/aromatic N) is 3. The van der Waals surface area contributed by atoms with Crippen molar-refractivity contribution in [1.82, 2.24) is 9.66 Å². The van der Waals surface area contributed by atoms with Crippen LogP contribution in [-0.2, 0) is 11.2 Å². The summed E-state index contributed by atoms with van der Waals surface area (Å²) < 4.78 is 14.5. The number of amides is 1. The summed E-state index contributed by atoms with van der Waals surface area (Å²) in [6.07, 6.45) is 2.13. The highest BCUT2D eigenvalue weighted by Crippen LogP contribution is 2.34. The molecule has 1 amide bonds. The molecular formula is C27H24BrIN4O4. The summed E-state index contributed by atoms with van der Waals surface area (Å²) >= 11 is 5.54. The van der Waals surface area contributed by atoms with Crippen LogP contribution in [0.25, 0.3) is 10.9 Å². The van der Waals surface area contributed by atoms with Gasteiger partial charge in [-0.3, -0.25) is 9.59 Å². The van der Waals surface area contributed by atoms with Gasteiger partial charge >= 0.3 is 0 Å². The minimum Gasteiger partial charge on any atom is -0.490 e. The van der Waals surface area contributed by atoms with Gasteiger partial charge in [-0.25, -0.2) is 4.98 Å². The molecule has 1 N–H and O–H groups in total. The van der Waals surface area contributed by atoms with Crippen LogP contribution in [0.3, 0.4) is 0 Å². The maximum absolute atomic E-state index is 13.2. The minimum atomic E-state index is -0.281. The Morgan fingerprint density at radius 1 is 1.14 bits per heavy atom. The van der Waals surface area contributed by atoms with Gasteiger partial charge in [-0.05, 0) is 77.5 Å². The van der Waals surface area contributed by atoms with Crippen LogP contribution in [0.15, 0.2) is 75.0 Å². The maximum atomic E-state index is 13.2. The molecule has 190 valence electrons. The summed E-state index contributed by atoms with van der Waals surface area (Å²) in [7, 11) is 0. The van der Waals surface area contributed by atoms with E-state index in [-0.39, 0.29) is 18.1 Å². The average Bonchev–Trinajstić information content (AvgIpc) is 2.88. The molecule has 0 radical (unpaired) electrons. The summed E-state index contributed by atoms with van der Waals surface area (Å²) in [5.74, 6) is 1.22. The van der Waals surface area contributed by atoms with Crippen LogP contribution in [0.1, 0.15) is 25.2 Å². The van der Waals surface area contributed by atoms with Crippen molar-refractivity contribution in [2.75, 3.05) is 18.5 Å². The van der Waals surface area contributed by atoms with Crippen molar-refractivity contribution in [2.24, 2.45) is 5.10 Å². The maximum Gasteiger partial charge on any atom is 0.282 e. The SMILES string of the molecule is CCOc1cc(C=Nn2c(CC)nc3ccc(Br)cc3c2=O)cc(I)c1OCC(=O)Nc1ccccc1. The molecule has 1 heterocycles. The number of carbonyl (C=O) groups is 1. The fraction of sp³-hybridized carbons (Fsp3) is 0.185. The van der Waals surface area contributed by atoms with E-state index in [1.54, 1.807) is 30.5 Å². The molecule has 4 rings (SSSR count). The van der Waals surface area contributed by atoms with E-state index in [9.17, 15) is 9.59 Å². The van der Waals surface area contributed by atoms with E-state index >= 15 is 0 Å².